The zero-order valence-electron chi connectivity index (χ0n) is 27.6. The minimum atomic E-state index is -0.0329. The Morgan fingerprint density at radius 1 is 0.842 bits per heavy atom. The van der Waals surface area contributed by atoms with Crippen molar-refractivity contribution in [2.75, 3.05) is 6.16 Å². The molecule has 0 bridgehead atoms. The van der Waals surface area contributed by atoms with Crippen molar-refractivity contribution in [3.63, 3.8) is 0 Å². The monoisotopic (exact) mass is 546 g/mol. The van der Waals surface area contributed by atoms with Gasteiger partial charge in [-0.25, -0.2) is 0 Å². The molecule has 1 aromatic rings. The molecule has 2 radical (unpaired) electrons. The molecule has 0 aliphatic carbocycles. The molecule has 1 heterocycles. The molecule has 0 aromatic heterocycles. The summed E-state index contributed by atoms with van der Waals surface area (Å²) in [6.07, 6.45) is 15.4. The third-order valence-corrected chi connectivity index (χ3v) is 8.79. The third kappa shape index (κ3) is 12.7. The van der Waals surface area contributed by atoms with Crippen LogP contribution in [0.15, 0.2) is 0 Å². The van der Waals surface area contributed by atoms with Crippen LogP contribution in [0, 0.1) is 38.5 Å². The zero-order chi connectivity index (χ0) is 29.3. The number of hydrogen-bond donors (Lipinski definition) is 0. The van der Waals surface area contributed by atoms with E-state index in [2.05, 4.69) is 70.2 Å². The van der Waals surface area contributed by atoms with Gasteiger partial charge in [0.25, 0.3) is 0 Å². The summed E-state index contributed by atoms with van der Waals surface area (Å²) in [6, 6.07) is 0. The van der Waals surface area contributed by atoms with E-state index in [0.717, 1.165) is 54.7 Å². The van der Waals surface area contributed by atoms with Crippen molar-refractivity contribution in [2.24, 2.45) is 17.8 Å². The molecule has 0 spiro atoms. The van der Waals surface area contributed by atoms with Crippen LogP contribution >= 0.6 is 8.81 Å². The van der Waals surface area contributed by atoms with Gasteiger partial charge in [0.05, 0.1) is 16.7 Å². The van der Waals surface area contributed by atoms with Gasteiger partial charge < -0.3 is 9.26 Å². The van der Waals surface area contributed by atoms with Crippen molar-refractivity contribution in [1.29, 1.82) is 0 Å². The van der Waals surface area contributed by atoms with Crippen LogP contribution in [-0.4, -0.2) is 19.6 Å². The molecule has 2 rings (SSSR count). The third-order valence-electron chi connectivity index (χ3n) is 8.16. The molecule has 1 aromatic carbocycles. The van der Waals surface area contributed by atoms with Gasteiger partial charge in [-0.3, -0.25) is 0 Å². The van der Waals surface area contributed by atoms with Crippen molar-refractivity contribution in [3.8, 4) is 11.5 Å². The van der Waals surface area contributed by atoms with Gasteiger partial charge in [0.2, 0.25) is 0 Å². The maximum atomic E-state index is 6.77. The maximum absolute atomic E-state index is 6.77. The second kappa shape index (κ2) is 20.2. The Morgan fingerprint density at radius 2 is 1.37 bits per heavy atom. The lowest BCUT2D eigenvalue weighted by Gasteiger charge is -2.38. The largest absolute Gasteiger partial charge is 0.487 e. The number of rotatable bonds is 15. The van der Waals surface area contributed by atoms with Crippen LogP contribution in [-0.2, 0) is 6.42 Å². The standard InChI is InChI=1S/C31H55O2P.C2H6.CH3B/c1-10-34-33-29-25(6)26(7)30-28(27(29)8)19-21-31(9,32-30)20-13-18-24(5)17-12-16-23(4)15-11-14-22(2)3;2*1-2/h22-24,34H,10-21H2,1-9H3;1-2H3;1H3/t23-,24-,31-;;/m1../s1. The molecule has 4 heteroatoms. The van der Waals surface area contributed by atoms with Crippen LogP contribution in [0.3, 0.4) is 0 Å². The second-order valence-corrected chi connectivity index (χ2v) is 13.2. The lowest BCUT2D eigenvalue weighted by atomic mass is 9.84. The van der Waals surface area contributed by atoms with Gasteiger partial charge in [-0.15, -0.1) is 0 Å². The average molecular weight is 547 g/mol. The van der Waals surface area contributed by atoms with Gasteiger partial charge in [0.1, 0.15) is 17.1 Å². The molecular formula is C34H64BO2P. The molecule has 4 atom stereocenters. The summed E-state index contributed by atoms with van der Waals surface area (Å²) in [6.45, 7) is 26.2. The van der Waals surface area contributed by atoms with Crippen molar-refractivity contribution in [1.82, 2.24) is 0 Å². The topological polar surface area (TPSA) is 18.5 Å². The van der Waals surface area contributed by atoms with E-state index in [1.54, 1.807) is 0 Å². The quantitative estimate of drug-likeness (QED) is 0.161. The zero-order valence-corrected chi connectivity index (χ0v) is 28.6. The van der Waals surface area contributed by atoms with Crippen LogP contribution in [0.5, 0.6) is 11.5 Å². The van der Waals surface area contributed by atoms with Crippen molar-refractivity contribution in [2.45, 2.75) is 159 Å². The predicted octanol–water partition coefficient (Wildman–Crippen LogP) is 11.4. The van der Waals surface area contributed by atoms with Crippen LogP contribution in [0.4, 0.5) is 0 Å². The van der Waals surface area contributed by atoms with E-state index in [0.29, 0.717) is 8.81 Å². The summed E-state index contributed by atoms with van der Waals surface area (Å²) in [4.78, 5) is 0. The highest BCUT2D eigenvalue weighted by Gasteiger charge is 2.34. The first-order valence-corrected chi connectivity index (χ1v) is 17.0. The summed E-state index contributed by atoms with van der Waals surface area (Å²) in [5.74, 6) is 4.82. The Balaban J connectivity index is 0.00000326. The summed E-state index contributed by atoms with van der Waals surface area (Å²) in [5, 5.41) is 0. The second-order valence-electron chi connectivity index (χ2n) is 12.0. The molecular weight excluding hydrogens is 482 g/mol. The van der Waals surface area contributed by atoms with Crippen molar-refractivity contribution in [3.05, 3.63) is 22.3 Å². The lowest BCUT2D eigenvalue weighted by Crippen LogP contribution is -2.37. The van der Waals surface area contributed by atoms with E-state index in [-0.39, 0.29) is 5.60 Å². The fourth-order valence-electron chi connectivity index (χ4n) is 5.56. The van der Waals surface area contributed by atoms with Crippen LogP contribution in [0.25, 0.3) is 0 Å². The summed E-state index contributed by atoms with van der Waals surface area (Å²) >= 11 is 0. The molecule has 0 fully saturated rings. The van der Waals surface area contributed by atoms with E-state index in [9.17, 15) is 0 Å². The molecule has 1 unspecified atom stereocenters. The van der Waals surface area contributed by atoms with Gasteiger partial charge in [0.15, 0.2) is 0 Å². The van der Waals surface area contributed by atoms with Crippen LogP contribution in [0.2, 0.25) is 6.82 Å². The first-order chi connectivity index (χ1) is 18.1. The average Bonchev–Trinajstić information content (AvgIpc) is 2.89. The SMILES string of the molecule is CC.CCPOc1c(C)c(C)c2c(c1C)CC[C@@](C)(CCC[C@H](C)CCC[C@H](C)CCCC(C)C)O2.[B]C. The summed E-state index contributed by atoms with van der Waals surface area (Å²) < 4.78 is 12.9. The van der Waals surface area contributed by atoms with Crippen LogP contribution < -0.4 is 9.26 Å². The van der Waals surface area contributed by atoms with Crippen molar-refractivity contribution < 1.29 is 9.26 Å². The molecule has 0 saturated heterocycles. The Kier molecular flexibility index (Phi) is 19.9. The Labute approximate surface area is 242 Å². The first kappa shape index (κ1) is 37.3. The molecule has 1 aliphatic heterocycles. The Bertz CT molecular complexity index is 764. The number of benzene rings is 1. The predicted molar refractivity (Wildman–Crippen MR) is 175 cm³/mol. The van der Waals surface area contributed by atoms with Gasteiger partial charge in [-0.2, -0.15) is 0 Å². The highest BCUT2D eigenvalue weighted by atomic mass is 31.1. The van der Waals surface area contributed by atoms with Gasteiger partial charge in [-0.1, -0.05) is 100 Å². The van der Waals surface area contributed by atoms with E-state index in [4.69, 9.17) is 9.26 Å². The summed E-state index contributed by atoms with van der Waals surface area (Å²) in [7, 11) is 5.04. The molecule has 0 N–H and O–H groups in total. The first-order valence-electron chi connectivity index (χ1n) is 15.9. The van der Waals surface area contributed by atoms with E-state index >= 15 is 0 Å². The summed E-state index contributed by atoms with van der Waals surface area (Å²) in [5.41, 5.74) is 5.18. The van der Waals surface area contributed by atoms with E-state index in [1.165, 1.54) is 80.4 Å². The maximum Gasteiger partial charge on any atom is 0.129 e. The normalized spacial score (nSPS) is 18.1. The van der Waals surface area contributed by atoms with Crippen molar-refractivity contribution >= 4 is 16.7 Å². The minimum absolute atomic E-state index is 0.0329. The highest BCUT2D eigenvalue weighted by Crippen LogP contribution is 2.46. The molecule has 1 aliphatic rings. The number of fused-ring (bicyclic) bond motifs is 1. The molecule has 220 valence electrons. The smallest absolute Gasteiger partial charge is 0.129 e. The van der Waals surface area contributed by atoms with E-state index in [1.807, 2.05) is 13.8 Å². The molecule has 0 saturated carbocycles. The van der Waals surface area contributed by atoms with E-state index < -0.39 is 0 Å². The van der Waals surface area contributed by atoms with Gasteiger partial charge in [-0.05, 0) is 94.0 Å². The number of hydrogen-bond acceptors (Lipinski definition) is 2. The van der Waals surface area contributed by atoms with Gasteiger partial charge in [0, 0.05) is 5.56 Å². The molecule has 2 nitrogen and oxygen atoms in total. The van der Waals surface area contributed by atoms with Gasteiger partial charge >= 0.3 is 0 Å². The highest BCUT2D eigenvalue weighted by molar-refractivity contribution is 7.32. The Hall–Kier alpha value is -0.685. The number of ether oxygens (including phenoxy) is 1. The molecule has 0 amide bonds. The fourth-order valence-corrected chi connectivity index (χ4v) is 6.15. The molecule has 38 heavy (non-hydrogen) atoms. The minimum Gasteiger partial charge on any atom is -0.487 e. The fraction of sp³-hybridized carbons (Fsp3) is 0.824. The Morgan fingerprint density at radius 3 is 1.89 bits per heavy atom. The van der Waals surface area contributed by atoms with Crippen LogP contribution in [0.1, 0.15) is 142 Å². The lowest BCUT2D eigenvalue weighted by molar-refractivity contribution is 0.0512.